The molecule has 0 spiro atoms. The number of H-pyrrole nitrogens is 1. The monoisotopic (exact) mass is 340 g/mol. The zero-order valence-electron chi connectivity index (χ0n) is 14.9. The summed E-state index contributed by atoms with van der Waals surface area (Å²) in [6.45, 7) is 6.53. The topological polar surface area (TPSA) is 78.1 Å². The van der Waals surface area contributed by atoms with Crippen LogP contribution in [0.15, 0.2) is 30.6 Å². The lowest BCUT2D eigenvalue weighted by atomic mass is 10.0. The van der Waals surface area contributed by atoms with Gasteiger partial charge in [0.05, 0.1) is 12.6 Å². The number of benzene rings is 1. The summed E-state index contributed by atoms with van der Waals surface area (Å²) in [5.41, 5.74) is 3.68. The molecule has 0 saturated carbocycles. The molecule has 6 nitrogen and oxygen atoms in total. The van der Waals surface area contributed by atoms with Gasteiger partial charge in [-0.05, 0) is 44.4 Å². The third-order valence-electron chi connectivity index (χ3n) is 4.77. The SMILES string of the molecule is Cc1ccc(C(=O)NC2CC(C)N(C(=O)Cc3cn[nH]c3)C2)c(C)c1. The fourth-order valence-corrected chi connectivity index (χ4v) is 3.47. The third kappa shape index (κ3) is 3.90. The minimum atomic E-state index is -0.0705. The van der Waals surface area contributed by atoms with Gasteiger partial charge in [0, 0.05) is 30.4 Å². The average Bonchev–Trinajstić information content (AvgIpc) is 3.16. The minimum Gasteiger partial charge on any atom is -0.347 e. The molecular weight excluding hydrogens is 316 g/mol. The van der Waals surface area contributed by atoms with Crippen LogP contribution in [0.25, 0.3) is 0 Å². The second-order valence-corrected chi connectivity index (χ2v) is 6.90. The van der Waals surface area contributed by atoms with E-state index in [4.69, 9.17) is 0 Å². The molecule has 1 fully saturated rings. The van der Waals surface area contributed by atoms with Gasteiger partial charge in [-0.25, -0.2) is 0 Å². The van der Waals surface area contributed by atoms with Crippen LogP contribution in [0.1, 0.15) is 40.4 Å². The van der Waals surface area contributed by atoms with Gasteiger partial charge in [0.1, 0.15) is 0 Å². The van der Waals surface area contributed by atoms with Crippen molar-refractivity contribution in [2.24, 2.45) is 0 Å². The molecule has 0 aliphatic carbocycles. The molecule has 6 heteroatoms. The Kier molecular flexibility index (Phi) is 4.88. The molecule has 1 aliphatic rings. The largest absolute Gasteiger partial charge is 0.347 e. The first-order valence-corrected chi connectivity index (χ1v) is 8.59. The van der Waals surface area contributed by atoms with Gasteiger partial charge in [-0.15, -0.1) is 0 Å². The van der Waals surface area contributed by atoms with Crippen molar-refractivity contribution in [3.05, 3.63) is 52.8 Å². The number of aromatic amines is 1. The predicted octanol–water partition coefficient (Wildman–Crippen LogP) is 1.99. The number of carbonyl (C=O) groups excluding carboxylic acids is 2. The fraction of sp³-hybridized carbons (Fsp3) is 0.421. The van der Waals surface area contributed by atoms with E-state index in [1.54, 1.807) is 12.4 Å². The molecule has 0 radical (unpaired) electrons. The van der Waals surface area contributed by atoms with Crippen molar-refractivity contribution in [2.75, 3.05) is 6.54 Å². The maximum Gasteiger partial charge on any atom is 0.251 e. The molecule has 3 rings (SSSR count). The molecule has 132 valence electrons. The van der Waals surface area contributed by atoms with Crippen molar-refractivity contribution in [3.63, 3.8) is 0 Å². The van der Waals surface area contributed by atoms with E-state index in [-0.39, 0.29) is 23.9 Å². The van der Waals surface area contributed by atoms with E-state index in [2.05, 4.69) is 15.5 Å². The van der Waals surface area contributed by atoms with E-state index in [0.717, 1.165) is 23.1 Å². The smallest absolute Gasteiger partial charge is 0.251 e. The van der Waals surface area contributed by atoms with Gasteiger partial charge in [0.25, 0.3) is 5.91 Å². The maximum absolute atomic E-state index is 12.5. The number of carbonyl (C=O) groups is 2. The lowest BCUT2D eigenvalue weighted by molar-refractivity contribution is -0.131. The van der Waals surface area contributed by atoms with E-state index in [1.807, 2.05) is 43.9 Å². The molecule has 2 unspecified atom stereocenters. The number of aromatic nitrogens is 2. The molecule has 25 heavy (non-hydrogen) atoms. The van der Waals surface area contributed by atoms with Gasteiger partial charge in [-0.2, -0.15) is 5.10 Å². The van der Waals surface area contributed by atoms with Gasteiger partial charge in [0.15, 0.2) is 0 Å². The quantitative estimate of drug-likeness (QED) is 0.893. The number of hydrogen-bond acceptors (Lipinski definition) is 3. The number of hydrogen-bond donors (Lipinski definition) is 2. The van der Waals surface area contributed by atoms with Crippen molar-refractivity contribution < 1.29 is 9.59 Å². The molecule has 0 bridgehead atoms. The van der Waals surface area contributed by atoms with Gasteiger partial charge >= 0.3 is 0 Å². The van der Waals surface area contributed by atoms with E-state index >= 15 is 0 Å². The van der Waals surface area contributed by atoms with Crippen LogP contribution in [0.3, 0.4) is 0 Å². The van der Waals surface area contributed by atoms with Crippen LogP contribution in [0.2, 0.25) is 0 Å². The second-order valence-electron chi connectivity index (χ2n) is 6.90. The molecule has 2 amide bonds. The number of aryl methyl sites for hydroxylation is 2. The lowest BCUT2D eigenvalue weighted by Gasteiger charge is -2.21. The Morgan fingerprint density at radius 3 is 2.84 bits per heavy atom. The van der Waals surface area contributed by atoms with Crippen LogP contribution in [-0.4, -0.2) is 45.5 Å². The highest BCUT2D eigenvalue weighted by molar-refractivity contribution is 5.96. The van der Waals surface area contributed by atoms with E-state index < -0.39 is 0 Å². The van der Waals surface area contributed by atoms with Crippen molar-refractivity contribution in [3.8, 4) is 0 Å². The summed E-state index contributed by atoms with van der Waals surface area (Å²) in [5.74, 6) is -0.00370. The summed E-state index contributed by atoms with van der Waals surface area (Å²) in [7, 11) is 0. The number of nitrogens with zero attached hydrogens (tertiary/aromatic N) is 2. The van der Waals surface area contributed by atoms with Crippen LogP contribution >= 0.6 is 0 Å². The van der Waals surface area contributed by atoms with Gasteiger partial charge in [-0.3, -0.25) is 14.7 Å². The second kappa shape index (κ2) is 7.09. The van der Waals surface area contributed by atoms with Crippen LogP contribution in [0.5, 0.6) is 0 Å². The molecule has 1 aromatic carbocycles. The molecule has 2 atom stereocenters. The predicted molar refractivity (Wildman–Crippen MR) is 95.3 cm³/mol. The van der Waals surface area contributed by atoms with Gasteiger partial charge in [-0.1, -0.05) is 17.7 Å². The molecule has 1 aromatic heterocycles. The van der Waals surface area contributed by atoms with Crippen molar-refractivity contribution in [1.82, 2.24) is 20.4 Å². The first-order chi connectivity index (χ1) is 11.9. The zero-order chi connectivity index (χ0) is 18.0. The zero-order valence-corrected chi connectivity index (χ0v) is 14.9. The van der Waals surface area contributed by atoms with Crippen LogP contribution < -0.4 is 5.32 Å². The first-order valence-electron chi connectivity index (χ1n) is 8.59. The fourth-order valence-electron chi connectivity index (χ4n) is 3.47. The van der Waals surface area contributed by atoms with Gasteiger partial charge < -0.3 is 10.2 Å². The number of likely N-dealkylation sites (tertiary alicyclic amines) is 1. The van der Waals surface area contributed by atoms with Crippen LogP contribution in [0.4, 0.5) is 0 Å². The molecular formula is C19H24N4O2. The molecule has 2 N–H and O–H groups in total. The Labute approximate surface area is 147 Å². The van der Waals surface area contributed by atoms with Gasteiger partial charge in [0.2, 0.25) is 5.91 Å². The summed E-state index contributed by atoms with van der Waals surface area (Å²) in [4.78, 5) is 26.9. The minimum absolute atomic E-state index is 0.0171. The molecule has 1 saturated heterocycles. The maximum atomic E-state index is 12.5. The molecule has 2 aromatic rings. The van der Waals surface area contributed by atoms with Crippen molar-refractivity contribution >= 4 is 11.8 Å². The number of rotatable bonds is 4. The Bertz CT molecular complexity index is 770. The Hall–Kier alpha value is -2.63. The van der Waals surface area contributed by atoms with E-state index in [9.17, 15) is 9.59 Å². The van der Waals surface area contributed by atoms with Crippen LogP contribution in [0, 0.1) is 13.8 Å². The Morgan fingerprint density at radius 2 is 2.16 bits per heavy atom. The summed E-state index contributed by atoms with van der Waals surface area (Å²) in [6.07, 6.45) is 4.50. The van der Waals surface area contributed by atoms with E-state index in [0.29, 0.717) is 18.5 Å². The summed E-state index contributed by atoms with van der Waals surface area (Å²) < 4.78 is 0. The summed E-state index contributed by atoms with van der Waals surface area (Å²) >= 11 is 0. The first kappa shape index (κ1) is 17.2. The summed E-state index contributed by atoms with van der Waals surface area (Å²) in [5, 5.41) is 9.67. The van der Waals surface area contributed by atoms with E-state index in [1.165, 1.54) is 0 Å². The summed E-state index contributed by atoms with van der Waals surface area (Å²) in [6, 6.07) is 5.91. The third-order valence-corrected chi connectivity index (χ3v) is 4.77. The van der Waals surface area contributed by atoms with Crippen molar-refractivity contribution in [2.45, 2.75) is 45.7 Å². The highest BCUT2D eigenvalue weighted by Crippen LogP contribution is 2.20. The standard InChI is InChI=1S/C19H24N4O2/c1-12-4-5-17(13(2)6-12)19(25)22-16-7-14(3)23(11-16)18(24)8-15-9-20-21-10-15/h4-6,9-10,14,16H,7-8,11H2,1-3H3,(H,20,21)(H,22,25). The highest BCUT2D eigenvalue weighted by Gasteiger charge is 2.33. The number of amides is 2. The van der Waals surface area contributed by atoms with Crippen LogP contribution in [-0.2, 0) is 11.2 Å². The normalized spacial score (nSPS) is 19.9. The number of nitrogens with one attached hydrogen (secondary N) is 2. The molecule has 1 aliphatic heterocycles. The Morgan fingerprint density at radius 1 is 1.36 bits per heavy atom. The Balaban J connectivity index is 1.61. The molecule has 2 heterocycles. The average molecular weight is 340 g/mol. The van der Waals surface area contributed by atoms with Crippen molar-refractivity contribution in [1.29, 1.82) is 0 Å². The highest BCUT2D eigenvalue weighted by atomic mass is 16.2. The lowest BCUT2D eigenvalue weighted by Crippen LogP contribution is -2.39.